The number of Topliss-reactive ketones (excluding diaryl/α,β-unsaturated/α-hetero) is 2. The van der Waals surface area contributed by atoms with E-state index in [1.54, 1.807) is 18.2 Å². The summed E-state index contributed by atoms with van der Waals surface area (Å²) in [5.74, 6) is 0.933. The van der Waals surface area contributed by atoms with Crippen LogP contribution in [0.1, 0.15) is 65.0 Å². The number of hydrogen-bond donors (Lipinski definition) is 1. The third-order valence-electron chi connectivity index (χ3n) is 11.8. The highest BCUT2D eigenvalue weighted by Crippen LogP contribution is 2.34. The number of hydrogen-bond acceptors (Lipinski definition) is 12. The van der Waals surface area contributed by atoms with Gasteiger partial charge >= 0.3 is 5.82 Å². The van der Waals surface area contributed by atoms with Gasteiger partial charge in [-0.25, -0.2) is 4.79 Å². The Balaban J connectivity index is 0.000000192. The van der Waals surface area contributed by atoms with E-state index in [4.69, 9.17) is 23.0 Å². The van der Waals surface area contributed by atoms with E-state index in [0.717, 1.165) is 78.2 Å². The largest absolute Gasteiger partial charge is 0.519 e. The van der Waals surface area contributed by atoms with Crippen molar-refractivity contribution in [3.63, 3.8) is 0 Å². The predicted octanol–water partition coefficient (Wildman–Crippen LogP) is 8.72. The molecule has 8 rings (SSSR count). The van der Waals surface area contributed by atoms with Crippen molar-refractivity contribution in [3.05, 3.63) is 157 Å². The SMILES string of the molecule is COc1ccc([N+](=O)[O-])cc1NC(=O)C[C@@H](C(=O)Cc1ccc(C)c(C)c1)c1ccccc1.O=C(CCN1CCC(Cc2ccc3c(c2)OCO3)CC1)Cc1ccc2oc(=O)oc2c1. The molecule has 1 aromatic heterocycles. The molecule has 0 radical (unpaired) electrons. The first kappa shape index (κ1) is 45.0. The molecule has 332 valence electrons. The lowest BCUT2D eigenvalue weighted by Crippen LogP contribution is -2.35. The van der Waals surface area contributed by atoms with Crippen LogP contribution in [0.5, 0.6) is 17.2 Å². The maximum Gasteiger partial charge on any atom is 0.519 e. The third kappa shape index (κ3) is 11.9. The Bertz CT molecular complexity index is 2680. The molecule has 0 spiro atoms. The van der Waals surface area contributed by atoms with Crippen LogP contribution >= 0.6 is 0 Å². The van der Waals surface area contributed by atoms with Crippen molar-refractivity contribution >= 4 is 40.0 Å². The van der Waals surface area contributed by atoms with Gasteiger partial charge in [-0.1, -0.05) is 60.7 Å². The Labute approximate surface area is 370 Å². The maximum absolute atomic E-state index is 13.3. The van der Waals surface area contributed by atoms with E-state index in [1.807, 2.05) is 68.4 Å². The maximum atomic E-state index is 13.3. The van der Waals surface area contributed by atoms with Crippen LogP contribution in [0.15, 0.2) is 117 Å². The molecule has 1 amide bonds. The molecule has 64 heavy (non-hydrogen) atoms. The number of non-ortho nitro benzene ring substituents is 1. The van der Waals surface area contributed by atoms with Crippen LogP contribution in [0.2, 0.25) is 0 Å². The van der Waals surface area contributed by atoms with E-state index >= 15 is 0 Å². The second-order valence-corrected chi connectivity index (χ2v) is 16.3. The summed E-state index contributed by atoms with van der Waals surface area (Å²) in [6.07, 6.45) is 4.30. The molecule has 14 nitrogen and oxygen atoms in total. The molecule has 1 N–H and O–H groups in total. The number of nitro groups is 1. The number of ketones is 2. The molecule has 1 atom stereocenters. The molecule has 5 aromatic carbocycles. The first-order valence-electron chi connectivity index (χ1n) is 21.3. The number of likely N-dealkylation sites (tertiary alicyclic amines) is 1. The summed E-state index contributed by atoms with van der Waals surface area (Å²) in [6.45, 7) is 7.16. The lowest BCUT2D eigenvalue weighted by atomic mass is 9.87. The van der Waals surface area contributed by atoms with E-state index in [0.29, 0.717) is 42.5 Å². The van der Waals surface area contributed by atoms with Gasteiger partial charge in [0, 0.05) is 44.4 Å². The van der Waals surface area contributed by atoms with Gasteiger partial charge in [0.2, 0.25) is 12.7 Å². The van der Waals surface area contributed by atoms with Crippen LogP contribution < -0.4 is 25.3 Å². The minimum atomic E-state index is -0.722. The smallest absolute Gasteiger partial charge is 0.495 e. The molecule has 3 heterocycles. The quantitative estimate of drug-likeness (QED) is 0.0723. The topological polar surface area (TPSA) is 181 Å². The lowest BCUT2D eigenvalue weighted by Gasteiger charge is -2.31. The van der Waals surface area contributed by atoms with Crippen molar-refractivity contribution in [2.24, 2.45) is 5.92 Å². The van der Waals surface area contributed by atoms with Crippen molar-refractivity contribution < 1.29 is 42.4 Å². The highest BCUT2D eigenvalue weighted by Gasteiger charge is 2.26. The van der Waals surface area contributed by atoms with Gasteiger partial charge in [-0.15, -0.1) is 0 Å². The molecule has 0 saturated carbocycles. The van der Waals surface area contributed by atoms with Crippen LogP contribution in [-0.2, 0) is 33.6 Å². The van der Waals surface area contributed by atoms with Crippen LogP contribution in [0.25, 0.3) is 11.2 Å². The molecule has 0 unspecified atom stereocenters. The van der Waals surface area contributed by atoms with Gasteiger partial charge in [0.05, 0.1) is 23.6 Å². The molecular formula is C50H51N3O11. The van der Waals surface area contributed by atoms with Crippen LogP contribution in [0, 0.1) is 29.9 Å². The minimum Gasteiger partial charge on any atom is -0.495 e. The average Bonchev–Trinajstić information content (AvgIpc) is 3.92. The van der Waals surface area contributed by atoms with Gasteiger partial charge in [0.1, 0.15) is 17.3 Å². The van der Waals surface area contributed by atoms with Crippen molar-refractivity contribution in [2.75, 3.05) is 38.9 Å². The van der Waals surface area contributed by atoms with E-state index in [9.17, 15) is 29.3 Å². The monoisotopic (exact) mass is 869 g/mol. The molecule has 6 aromatic rings. The van der Waals surface area contributed by atoms with E-state index < -0.39 is 22.6 Å². The van der Waals surface area contributed by atoms with Crippen LogP contribution in [0.4, 0.5) is 11.4 Å². The Kier molecular flexibility index (Phi) is 14.7. The number of carbonyl (C=O) groups excluding carboxylic acids is 3. The Morgan fingerprint density at radius 1 is 0.812 bits per heavy atom. The summed E-state index contributed by atoms with van der Waals surface area (Å²) in [5, 5.41) is 13.8. The Morgan fingerprint density at radius 3 is 2.28 bits per heavy atom. The van der Waals surface area contributed by atoms with Gasteiger partial charge in [-0.05, 0) is 116 Å². The molecule has 0 aliphatic carbocycles. The standard InChI is InChI=1S/C26H26N2O5.C24H25NO6/c1-17-9-10-19(13-18(17)2)14-24(29)22(20-7-5-4-6-8-20)16-26(30)27-23-15-21(28(31)32)11-12-25(23)33-3;26-19(12-18-2-4-21-23(14-18)31-24(27)30-21)7-10-25-8-5-16(6-9-25)11-17-1-3-20-22(13-17)29-15-28-20/h4-13,15,22H,14,16H2,1-3H3,(H,27,30);1-4,13-14,16H,5-12,15H2/t22-;/m1./s1. The number of piperidine rings is 1. The summed E-state index contributed by atoms with van der Waals surface area (Å²) >= 11 is 0. The fourth-order valence-electron chi connectivity index (χ4n) is 8.08. The van der Waals surface area contributed by atoms with Gasteiger partial charge in [0.25, 0.3) is 5.69 Å². The zero-order valence-electron chi connectivity index (χ0n) is 36.1. The molecule has 0 bridgehead atoms. The number of anilines is 1. The van der Waals surface area contributed by atoms with Crippen molar-refractivity contribution in [3.8, 4) is 17.2 Å². The zero-order valence-corrected chi connectivity index (χ0v) is 36.1. The summed E-state index contributed by atoms with van der Waals surface area (Å²) in [7, 11) is 1.41. The minimum absolute atomic E-state index is 0.0781. The summed E-state index contributed by atoms with van der Waals surface area (Å²) in [4.78, 5) is 62.7. The summed E-state index contributed by atoms with van der Waals surface area (Å²) in [5.41, 5.74) is 6.83. The molecule has 1 fully saturated rings. The number of nitro benzene ring substituents is 1. The normalized spacial score (nSPS) is 14.0. The summed E-state index contributed by atoms with van der Waals surface area (Å²) in [6, 6.07) is 30.4. The second-order valence-electron chi connectivity index (χ2n) is 16.3. The fourth-order valence-corrected chi connectivity index (χ4v) is 8.08. The number of carbonyl (C=O) groups is 3. The highest BCUT2D eigenvalue weighted by atomic mass is 16.7. The van der Waals surface area contributed by atoms with Crippen molar-refractivity contribution in [1.29, 1.82) is 0 Å². The molecule has 2 aliphatic rings. The molecular weight excluding hydrogens is 819 g/mol. The second kappa shape index (κ2) is 20.9. The van der Waals surface area contributed by atoms with E-state index in [-0.39, 0.29) is 35.8 Å². The number of ether oxygens (including phenoxy) is 3. The average molecular weight is 870 g/mol. The highest BCUT2D eigenvalue weighted by molar-refractivity contribution is 5.98. The zero-order chi connectivity index (χ0) is 45.2. The van der Waals surface area contributed by atoms with Crippen molar-refractivity contribution in [1.82, 2.24) is 4.90 Å². The lowest BCUT2D eigenvalue weighted by molar-refractivity contribution is -0.384. The first-order chi connectivity index (χ1) is 30.9. The Morgan fingerprint density at radius 2 is 1.53 bits per heavy atom. The number of nitrogens with one attached hydrogen (secondary N) is 1. The number of nitrogens with zero attached hydrogens (tertiary/aromatic N) is 2. The first-order valence-corrected chi connectivity index (χ1v) is 21.3. The van der Waals surface area contributed by atoms with Gasteiger partial charge in [0.15, 0.2) is 22.7 Å². The van der Waals surface area contributed by atoms with Gasteiger partial charge in [-0.2, -0.15) is 0 Å². The van der Waals surface area contributed by atoms with Gasteiger partial charge < -0.3 is 33.3 Å². The summed E-state index contributed by atoms with van der Waals surface area (Å²) < 4.78 is 25.9. The fraction of sp³-hybridized carbons (Fsp3) is 0.320. The molecule has 1 saturated heterocycles. The molecule has 2 aliphatic heterocycles. The Hall–Kier alpha value is -7.06. The number of benzene rings is 5. The third-order valence-corrected chi connectivity index (χ3v) is 11.8. The van der Waals surface area contributed by atoms with E-state index in [2.05, 4.69) is 22.3 Å². The number of methoxy groups -OCH3 is 1. The number of rotatable bonds is 16. The molecule has 14 heteroatoms. The predicted molar refractivity (Wildman–Crippen MR) is 240 cm³/mol. The van der Waals surface area contributed by atoms with Crippen molar-refractivity contribution in [2.45, 2.75) is 64.7 Å². The number of aryl methyl sites for hydroxylation is 2. The number of amides is 1. The van der Waals surface area contributed by atoms with E-state index in [1.165, 1.54) is 30.9 Å². The van der Waals surface area contributed by atoms with Crippen LogP contribution in [0.3, 0.4) is 0 Å². The van der Waals surface area contributed by atoms with Crippen LogP contribution in [-0.4, -0.2) is 60.8 Å². The van der Waals surface area contributed by atoms with Gasteiger partial charge in [-0.3, -0.25) is 24.5 Å². The number of fused-ring (bicyclic) bond motifs is 2.